The minimum absolute atomic E-state index is 0.0601. The molecule has 1 fully saturated rings. The van der Waals surface area contributed by atoms with Crippen LogP contribution in [0.3, 0.4) is 0 Å². The van der Waals surface area contributed by atoms with Crippen molar-refractivity contribution in [2.45, 2.75) is 17.7 Å². The molecular weight excluding hydrogens is 402 g/mol. The molecule has 30 heavy (non-hydrogen) atoms. The highest BCUT2D eigenvalue weighted by atomic mass is 32.2. The first-order chi connectivity index (χ1) is 14.4. The second kappa shape index (κ2) is 10.1. The number of sulfonamides is 1. The molecule has 2 aromatic rings. The van der Waals surface area contributed by atoms with Gasteiger partial charge in [0, 0.05) is 32.7 Å². The van der Waals surface area contributed by atoms with Crippen molar-refractivity contribution >= 4 is 15.9 Å². The lowest BCUT2D eigenvalue weighted by Crippen LogP contribution is -2.50. The van der Waals surface area contributed by atoms with E-state index in [9.17, 15) is 13.2 Å². The number of methoxy groups -OCH3 is 1. The summed E-state index contributed by atoms with van der Waals surface area (Å²) in [5.41, 5.74) is 1.03. The highest BCUT2D eigenvalue weighted by molar-refractivity contribution is 7.89. The molecule has 1 saturated heterocycles. The summed E-state index contributed by atoms with van der Waals surface area (Å²) >= 11 is 0. The number of hydrogen-bond acceptors (Lipinski definition) is 5. The monoisotopic (exact) mass is 431 g/mol. The van der Waals surface area contributed by atoms with E-state index < -0.39 is 10.0 Å². The second-order valence-corrected chi connectivity index (χ2v) is 9.35. The lowest BCUT2D eigenvalue weighted by atomic mass is 10.0. The van der Waals surface area contributed by atoms with Crippen molar-refractivity contribution in [3.05, 3.63) is 60.2 Å². The molecule has 8 heteroatoms. The van der Waals surface area contributed by atoms with Gasteiger partial charge in [-0.25, -0.2) is 8.42 Å². The van der Waals surface area contributed by atoms with Crippen LogP contribution in [0.2, 0.25) is 0 Å². The average molecular weight is 432 g/mol. The fourth-order valence-corrected chi connectivity index (χ4v) is 4.98. The van der Waals surface area contributed by atoms with Crippen molar-refractivity contribution in [3.63, 3.8) is 0 Å². The van der Waals surface area contributed by atoms with Crippen LogP contribution in [0.1, 0.15) is 18.4 Å². The number of carbonyl (C=O) groups excluding carboxylic acids is 1. The maximum absolute atomic E-state index is 13.4. The third kappa shape index (κ3) is 5.38. The van der Waals surface area contributed by atoms with Crippen molar-refractivity contribution in [1.82, 2.24) is 14.5 Å². The Kier molecular flexibility index (Phi) is 7.47. The summed E-state index contributed by atoms with van der Waals surface area (Å²) < 4.78 is 33.3. The van der Waals surface area contributed by atoms with Crippen LogP contribution in [0, 0.1) is 0 Å². The van der Waals surface area contributed by atoms with Gasteiger partial charge in [0.15, 0.2) is 0 Å². The fourth-order valence-electron chi connectivity index (χ4n) is 3.50. The highest BCUT2D eigenvalue weighted by Crippen LogP contribution is 2.23. The predicted octanol–water partition coefficient (Wildman–Crippen LogP) is 1.92. The van der Waals surface area contributed by atoms with Crippen LogP contribution in [0.15, 0.2) is 59.5 Å². The van der Waals surface area contributed by atoms with Crippen LogP contribution in [-0.4, -0.2) is 69.9 Å². The van der Waals surface area contributed by atoms with E-state index in [2.05, 4.69) is 5.32 Å². The van der Waals surface area contributed by atoms with Crippen LogP contribution >= 0.6 is 0 Å². The van der Waals surface area contributed by atoms with E-state index in [0.717, 1.165) is 18.7 Å². The number of ether oxygens (including phenoxy) is 1. The Labute approximate surface area is 178 Å². The molecule has 1 atom stereocenters. The Balaban J connectivity index is 1.85. The summed E-state index contributed by atoms with van der Waals surface area (Å²) in [7, 11) is -2.32. The number of rotatable bonds is 8. The summed E-state index contributed by atoms with van der Waals surface area (Å²) in [6, 6.07) is 16.0. The van der Waals surface area contributed by atoms with Crippen molar-refractivity contribution in [1.29, 1.82) is 0 Å². The summed E-state index contributed by atoms with van der Waals surface area (Å²) in [4.78, 5) is 14.7. The molecule has 2 aromatic carbocycles. The van der Waals surface area contributed by atoms with Crippen LogP contribution in [0.25, 0.3) is 0 Å². The maximum Gasteiger partial charge on any atom is 0.243 e. The molecule has 0 unspecified atom stereocenters. The van der Waals surface area contributed by atoms with E-state index in [1.165, 1.54) is 23.5 Å². The standard InChI is InChI=1S/C22H29N3O4S/c1-18(19-6-4-3-5-7-19)16-25(17-22(26)24-14-12-23-13-15-24)30(27,28)21-10-8-20(29-2)9-11-21/h3-11,18,23H,12-17H2,1-2H3/t18-/m1/s1. The molecule has 0 bridgehead atoms. The van der Waals surface area contributed by atoms with Crippen molar-refractivity contribution in [3.8, 4) is 5.75 Å². The first kappa shape index (κ1) is 22.3. The zero-order valence-corrected chi connectivity index (χ0v) is 18.3. The normalized spacial score (nSPS) is 15.8. The first-order valence-corrected chi connectivity index (χ1v) is 11.5. The number of nitrogens with one attached hydrogen (secondary N) is 1. The molecule has 0 aromatic heterocycles. The van der Waals surface area contributed by atoms with Gasteiger partial charge in [0.1, 0.15) is 5.75 Å². The fraction of sp³-hybridized carbons (Fsp3) is 0.409. The quantitative estimate of drug-likeness (QED) is 0.691. The molecule has 0 spiro atoms. The topological polar surface area (TPSA) is 79.0 Å². The van der Waals surface area contributed by atoms with Crippen molar-refractivity contribution < 1.29 is 17.9 Å². The van der Waals surface area contributed by atoms with E-state index in [-0.39, 0.29) is 29.8 Å². The molecule has 0 saturated carbocycles. The van der Waals surface area contributed by atoms with E-state index >= 15 is 0 Å². The van der Waals surface area contributed by atoms with Gasteiger partial charge in [-0.1, -0.05) is 37.3 Å². The summed E-state index contributed by atoms with van der Waals surface area (Å²) in [6.45, 7) is 4.63. The van der Waals surface area contributed by atoms with Gasteiger partial charge in [-0.3, -0.25) is 4.79 Å². The summed E-state index contributed by atoms with van der Waals surface area (Å²) in [5.74, 6) is 0.346. The minimum Gasteiger partial charge on any atom is -0.497 e. The molecule has 1 amide bonds. The number of amides is 1. The molecule has 1 aliphatic heterocycles. The molecule has 3 rings (SSSR count). The Bertz CT molecular complexity index is 927. The number of hydrogen-bond donors (Lipinski definition) is 1. The largest absolute Gasteiger partial charge is 0.497 e. The molecule has 1 N–H and O–H groups in total. The zero-order valence-electron chi connectivity index (χ0n) is 17.5. The van der Waals surface area contributed by atoms with Gasteiger partial charge in [0.25, 0.3) is 0 Å². The van der Waals surface area contributed by atoms with Crippen LogP contribution in [0.4, 0.5) is 0 Å². The SMILES string of the molecule is COc1ccc(S(=O)(=O)N(CC(=O)N2CCNCC2)C[C@@H](C)c2ccccc2)cc1. The zero-order chi connectivity index (χ0) is 21.6. The minimum atomic E-state index is -3.85. The first-order valence-electron chi connectivity index (χ1n) is 10.1. The van der Waals surface area contributed by atoms with Gasteiger partial charge in [0.2, 0.25) is 15.9 Å². The molecule has 7 nitrogen and oxygen atoms in total. The number of piperazine rings is 1. The third-order valence-electron chi connectivity index (χ3n) is 5.32. The van der Waals surface area contributed by atoms with Gasteiger partial charge in [-0.05, 0) is 35.7 Å². The molecule has 0 aliphatic carbocycles. The van der Waals surface area contributed by atoms with E-state index in [4.69, 9.17) is 4.74 Å². The van der Waals surface area contributed by atoms with Crippen LogP contribution in [0.5, 0.6) is 5.75 Å². The number of carbonyl (C=O) groups is 1. The van der Waals surface area contributed by atoms with Gasteiger partial charge in [-0.2, -0.15) is 4.31 Å². The molecule has 162 valence electrons. The predicted molar refractivity (Wildman–Crippen MR) is 116 cm³/mol. The average Bonchev–Trinajstić information content (AvgIpc) is 2.79. The Morgan fingerprint density at radius 2 is 1.73 bits per heavy atom. The van der Waals surface area contributed by atoms with Crippen LogP contribution < -0.4 is 10.1 Å². The number of nitrogens with zero attached hydrogens (tertiary/aromatic N) is 2. The van der Waals surface area contributed by atoms with Gasteiger partial charge >= 0.3 is 0 Å². The highest BCUT2D eigenvalue weighted by Gasteiger charge is 2.30. The Hall–Kier alpha value is -2.42. The molecule has 0 radical (unpaired) electrons. The third-order valence-corrected chi connectivity index (χ3v) is 7.15. The Morgan fingerprint density at radius 1 is 1.10 bits per heavy atom. The second-order valence-electron chi connectivity index (χ2n) is 7.42. The molecule has 1 aliphatic rings. The molecular formula is C22H29N3O4S. The van der Waals surface area contributed by atoms with Gasteiger partial charge < -0.3 is 15.0 Å². The van der Waals surface area contributed by atoms with E-state index in [1.54, 1.807) is 17.0 Å². The number of benzene rings is 2. The Morgan fingerprint density at radius 3 is 2.33 bits per heavy atom. The summed E-state index contributed by atoms with van der Waals surface area (Å²) in [5, 5.41) is 3.21. The lowest BCUT2D eigenvalue weighted by Gasteiger charge is -2.31. The lowest BCUT2D eigenvalue weighted by molar-refractivity contribution is -0.132. The van der Waals surface area contributed by atoms with E-state index in [1.807, 2.05) is 37.3 Å². The van der Waals surface area contributed by atoms with Gasteiger partial charge in [0.05, 0.1) is 18.6 Å². The maximum atomic E-state index is 13.4. The smallest absolute Gasteiger partial charge is 0.243 e. The van der Waals surface area contributed by atoms with Crippen LogP contribution in [-0.2, 0) is 14.8 Å². The van der Waals surface area contributed by atoms with Crippen molar-refractivity contribution in [2.75, 3.05) is 46.4 Å². The van der Waals surface area contributed by atoms with Crippen molar-refractivity contribution in [2.24, 2.45) is 0 Å². The van der Waals surface area contributed by atoms with E-state index in [0.29, 0.717) is 18.8 Å². The summed E-state index contributed by atoms with van der Waals surface area (Å²) in [6.07, 6.45) is 0. The molecule has 1 heterocycles. The van der Waals surface area contributed by atoms with Gasteiger partial charge in [-0.15, -0.1) is 0 Å².